The summed E-state index contributed by atoms with van der Waals surface area (Å²) >= 11 is 0. The standard InChI is InChI=1S/C16H22BNO3/c1-6-18-10-11-7-8-12(9-13(11)14(18)19)17-20-15(2,3)16(4,5)21-17/h7-9H,6,10H2,1-5H3. The molecule has 1 aromatic rings. The lowest BCUT2D eigenvalue weighted by Gasteiger charge is -2.32. The van der Waals surface area contributed by atoms with E-state index in [1.165, 1.54) is 0 Å². The van der Waals surface area contributed by atoms with Crippen molar-refractivity contribution >= 4 is 18.5 Å². The zero-order valence-corrected chi connectivity index (χ0v) is 13.4. The molecule has 0 N–H and O–H groups in total. The molecule has 0 spiro atoms. The lowest BCUT2D eigenvalue weighted by Crippen LogP contribution is -2.41. The average Bonchev–Trinajstić information content (AvgIpc) is 2.84. The molecule has 3 rings (SSSR count). The molecule has 0 radical (unpaired) electrons. The van der Waals surface area contributed by atoms with Crippen molar-refractivity contribution in [2.24, 2.45) is 0 Å². The van der Waals surface area contributed by atoms with Gasteiger partial charge < -0.3 is 14.2 Å². The Labute approximate surface area is 126 Å². The van der Waals surface area contributed by atoms with E-state index in [0.717, 1.165) is 23.1 Å². The van der Waals surface area contributed by atoms with Gasteiger partial charge in [0.1, 0.15) is 0 Å². The van der Waals surface area contributed by atoms with Crippen molar-refractivity contribution in [2.75, 3.05) is 6.54 Å². The minimum atomic E-state index is -0.413. The van der Waals surface area contributed by atoms with Crippen LogP contribution >= 0.6 is 0 Å². The predicted octanol–water partition coefficient (Wildman–Crippen LogP) is 1.96. The number of hydrogen-bond donors (Lipinski definition) is 0. The van der Waals surface area contributed by atoms with Gasteiger partial charge in [-0.3, -0.25) is 4.79 Å². The first-order valence-corrected chi connectivity index (χ1v) is 7.53. The maximum atomic E-state index is 12.3. The van der Waals surface area contributed by atoms with Crippen molar-refractivity contribution < 1.29 is 14.1 Å². The molecule has 2 aliphatic heterocycles. The molecule has 112 valence electrons. The highest BCUT2D eigenvalue weighted by molar-refractivity contribution is 6.62. The number of carbonyl (C=O) groups excluding carboxylic acids is 1. The molecule has 1 fully saturated rings. The van der Waals surface area contributed by atoms with Gasteiger partial charge in [0.2, 0.25) is 0 Å². The van der Waals surface area contributed by atoms with Crippen LogP contribution in [0.3, 0.4) is 0 Å². The van der Waals surface area contributed by atoms with E-state index in [9.17, 15) is 4.79 Å². The maximum Gasteiger partial charge on any atom is 0.494 e. The molecule has 2 heterocycles. The number of nitrogens with zero attached hydrogens (tertiary/aromatic N) is 1. The second-order valence-corrected chi connectivity index (χ2v) is 6.82. The number of amides is 1. The second kappa shape index (κ2) is 4.58. The zero-order valence-electron chi connectivity index (χ0n) is 13.4. The van der Waals surface area contributed by atoms with Crippen LogP contribution in [0.2, 0.25) is 0 Å². The van der Waals surface area contributed by atoms with Crippen molar-refractivity contribution in [3.8, 4) is 0 Å². The summed E-state index contributed by atoms with van der Waals surface area (Å²) in [7, 11) is -0.413. The first-order chi connectivity index (χ1) is 9.75. The summed E-state index contributed by atoms with van der Waals surface area (Å²) in [5.74, 6) is 0.103. The van der Waals surface area contributed by atoms with E-state index in [2.05, 4.69) is 0 Å². The van der Waals surface area contributed by atoms with Gasteiger partial charge >= 0.3 is 7.12 Å². The van der Waals surface area contributed by atoms with Crippen LogP contribution in [-0.2, 0) is 15.9 Å². The van der Waals surface area contributed by atoms with Gasteiger partial charge in [-0.05, 0) is 51.7 Å². The first kappa shape index (κ1) is 14.6. The Hall–Kier alpha value is -1.33. The Kier molecular flexibility index (Phi) is 3.19. The van der Waals surface area contributed by atoms with Crippen LogP contribution in [0, 0.1) is 0 Å². The molecule has 1 amide bonds. The third-order valence-electron chi connectivity index (χ3n) is 4.92. The molecule has 0 unspecified atom stereocenters. The molecule has 0 aromatic heterocycles. The molecule has 0 saturated carbocycles. The summed E-state index contributed by atoms with van der Waals surface area (Å²) < 4.78 is 12.1. The largest absolute Gasteiger partial charge is 0.494 e. The molecule has 0 aliphatic carbocycles. The molecule has 0 atom stereocenters. The molecule has 4 nitrogen and oxygen atoms in total. The summed E-state index contributed by atoms with van der Waals surface area (Å²) in [5.41, 5.74) is 2.05. The Bertz CT molecular complexity index is 581. The normalized spacial score (nSPS) is 22.8. The lowest BCUT2D eigenvalue weighted by atomic mass is 9.78. The number of fused-ring (bicyclic) bond motifs is 1. The fraction of sp³-hybridized carbons (Fsp3) is 0.562. The van der Waals surface area contributed by atoms with Crippen LogP contribution in [0.15, 0.2) is 18.2 Å². The molecule has 1 saturated heterocycles. The number of rotatable bonds is 2. The third-order valence-corrected chi connectivity index (χ3v) is 4.92. The van der Waals surface area contributed by atoms with Crippen molar-refractivity contribution in [3.63, 3.8) is 0 Å². The van der Waals surface area contributed by atoms with E-state index in [1.807, 2.05) is 57.7 Å². The van der Waals surface area contributed by atoms with Gasteiger partial charge in [0.15, 0.2) is 0 Å². The predicted molar refractivity (Wildman–Crippen MR) is 82.6 cm³/mol. The Morgan fingerprint density at radius 2 is 1.81 bits per heavy atom. The quantitative estimate of drug-likeness (QED) is 0.781. The highest BCUT2D eigenvalue weighted by Gasteiger charge is 2.51. The van der Waals surface area contributed by atoms with Crippen molar-refractivity contribution in [1.82, 2.24) is 4.90 Å². The fourth-order valence-corrected chi connectivity index (χ4v) is 2.76. The monoisotopic (exact) mass is 287 g/mol. The number of hydrogen-bond acceptors (Lipinski definition) is 3. The SMILES string of the molecule is CCN1Cc2ccc(B3OC(C)(C)C(C)(C)O3)cc2C1=O. The van der Waals surface area contributed by atoms with Crippen LogP contribution in [0.1, 0.15) is 50.5 Å². The van der Waals surface area contributed by atoms with Gasteiger partial charge in [-0.1, -0.05) is 12.1 Å². The zero-order chi connectivity index (χ0) is 15.4. The van der Waals surface area contributed by atoms with E-state index in [1.54, 1.807) is 0 Å². The lowest BCUT2D eigenvalue weighted by molar-refractivity contribution is 0.00578. The van der Waals surface area contributed by atoms with Gasteiger partial charge in [-0.15, -0.1) is 0 Å². The van der Waals surface area contributed by atoms with Gasteiger partial charge in [0.05, 0.1) is 11.2 Å². The van der Waals surface area contributed by atoms with E-state index in [-0.39, 0.29) is 17.1 Å². The number of benzene rings is 1. The molecule has 2 aliphatic rings. The Morgan fingerprint density at radius 1 is 1.19 bits per heavy atom. The molecule has 0 bridgehead atoms. The molecular formula is C16H22BNO3. The minimum Gasteiger partial charge on any atom is -0.399 e. The Balaban J connectivity index is 1.91. The first-order valence-electron chi connectivity index (χ1n) is 7.53. The van der Waals surface area contributed by atoms with Crippen molar-refractivity contribution in [2.45, 2.75) is 52.4 Å². The van der Waals surface area contributed by atoms with Crippen LogP contribution in [0.5, 0.6) is 0 Å². The van der Waals surface area contributed by atoms with Crippen molar-refractivity contribution in [3.05, 3.63) is 29.3 Å². The van der Waals surface area contributed by atoms with Crippen LogP contribution < -0.4 is 5.46 Å². The summed E-state index contributed by atoms with van der Waals surface area (Å²) in [6, 6.07) is 5.95. The van der Waals surface area contributed by atoms with Gasteiger partial charge in [0, 0.05) is 18.7 Å². The maximum absolute atomic E-state index is 12.3. The van der Waals surface area contributed by atoms with E-state index >= 15 is 0 Å². The highest BCUT2D eigenvalue weighted by Crippen LogP contribution is 2.36. The molecule has 5 heteroatoms. The molecular weight excluding hydrogens is 265 g/mol. The van der Waals surface area contributed by atoms with Gasteiger partial charge in [-0.25, -0.2) is 0 Å². The van der Waals surface area contributed by atoms with Crippen LogP contribution in [-0.4, -0.2) is 35.7 Å². The highest BCUT2D eigenvalue weighted by atomic mass is 16.7. The third kappa shape index (κ3) is 2.19. The molecule has 1 aromatic carbocycles. The second-order valence-electron chi connectivity index (χ2n) is 6.82. The van der Waals surface area contributed by atoms with Gasteiger partial charge in [0.25, 0.3) is 5.91 Å². The fourth-order valence-electron chi connectivity index (χ4n) is 2.76. The van der Waals surface area contributed by atoms with Crippen LogP contribution in [0.25, 0.3) is 0 Å². The van der Waals surface area contributed by atoms with E-state index in [0.29, 0.717) is 6.54 Å². The summed E-state index contributed by atoms with van der Waals surface area (Å²) in [4.78, 5) is 14.1. The summed E-state index contributed by atoms with van der Waals surface area (Å²) in [6.45, 7) is 11.6. The Morgan fingerprint density at radius 3 is 2.38 bits per heavy atom. The number of carbonyl (C=O) groups is 1. The van der Waals surface area contributed by atoms with E-state index in [4.69, 9.17) is 9.31 Å². The molecule has 21 heavy (non-hydrogen) atoms. The summed E-state index contributed by atoms with van der Waals surface area (Å²) in [6.07, 6.45) is 0. The van der Waals surface area contributed by atoms with E-state index < -0.39 is 7.12 Å². The summed E-state index contributed by atoms with van der Waals surface area (Å²) in [5, 5.41) is 0. The minimum absolute atomic E-state index is 0.103. The van der Waals surface area contributed by atoms with Crippen molar-refractivity contribution in [1.29, 1.82) is 0 Å². The topological polar surface area (TPSA) is 38.8 Å². The smallest absolute Gasteiger partial charge is 0.399 e. The van der Waals surface area contributed by atoms with Gasteiger partial charge in [-0.2, -0.15) is 0 Å². The average molecular weight is 287 g/mol. The van der Waals surface area contributed by atoms with Crippen LogP contribution in [0.4, 0.5) is 0 Å².